The van der Waals surface area contributed by atoms with Crippen LogP contribution in [0.15, 0.2) is 0 Å². The lowest BCUT2D eigenvalue weighted by molar-refractivity contribution is -0.148. The van der Waals surface area contributed by atoms with Crippen LogP contribution in [0.5, 0.6) is 0 Å². The number of hydrogen-bond donors (Lipinski definition) is 0. The summed E-state index contributed by atoms with van der Waals surface area (Å²) in [5, 5.41) is 0. The van der Waals surface area contributed by atoms with Crippen LogP contribution >= 0.6 is 0 Å². The number of rotatable bonds is 24. The average Bonchev–Trinajstić information content (AvgIpc) is 2.84. The Morgan fingerprint density at radius 2 is 0.735 bits per heavy atom. The maximum Gasteiger partial charge on any atom is 0.235 e. The molecule has 0 saturated carbocycles. The molecule has 0 N–H and O–H groups in total. The number of amides is 2. The van der Waals surface area contributed by atoms with Gasteiger partial charge in [0.25, 0.3) is 0 Å². The number of nitrogens with zero attached hydrogens (tertiary/aromatic N) is 2. The zero-order chi connectivity index (χ0) is 25.4. The highest BCUT2D eigenvalue weighted by Gasteiger charge is 2.32. The third-order valence-corrected chi connectivity index (χ3v) is 6.94. The quantitative estimate of drug-likeness (QED) is 0.103. The van der Waals surface area contributed by atoms with Crippen molar-refractivity contribution < 1.29 is 9.59 Å². The summed E-state index contributed by atoms with van der Waals surface area (Å²) in [5.41, 5.74) is 0. The molecule has 202 valence electrons. The lowest BCUT2D eigenvalue weighted by Gasteiger charge is -2.31. The van der Waals surface area contributed by atoms with E-state index >= 15 is 0 Å². The highest BCUT2D eigenvalue weighted by Crippen LogP contribution is 2.20. The molecule has 0 radical (unpaired) electrons. The van der Waals surface area contributed by atoms with Gasteiger partial charge in [-0.1, -0.05) is 118 Å². The van der Waals surface area contributed by atoms with E-state index in [1.165, 1.54) is 44.9 Å². The van der Waals surface area contributed by atoms with Gasteiger partial charge < -0.3 is 9.80 Å². The Balaban J connectivity index is 5.15. The fourth-order valence-electron chi connectivity index (χ4n) is 4.51. The number of unbranched alkanes of at least 4 members (excludes halogenated alkanes) is 12. The van der Waals surface area contributed by atoms with Gasteiger partial charge in [-0.2, -0.15) is 0 Å². The Hall–Kier alpha value is -1.06. The van der Waals surface area contributed by atoms with Gasteiger partial charge in [0.05, 0.1) is 0 Å². The Morgan fingerprint density at radius 1 is 0.441 bits per heavy atom. The van der Waals surface area contributed by atoms with Crippen LogP contribution in [-0.2, 0) is 9.59 Å². The van der Waals surface area contributed by atoms with Crippen LogP contribution in [0.25, 0.3) is 0 Å². The highest BCUT2D eigenvalue weighted by atomic mass is 16.2. The van der Waals surface area contributed by atoms with Gasteiger partial charge in [-0.15, -0.1) is 0 Å². The Morgan fingerprint density at radius 3 is 1.06 bits per heavy atom. The molecule has 0 heterocycles. The van der Waals surface area contributed by atoms with Crippen molar-refractivity contribution in [1.82, 2.24) is 9.80 Å². The van der Waals surface area contributed by atoms with Crippen molar-refractivity contribution >= 4 is 11.8 Å². The zero-order valence-corrected chi connectivity index (χ0v) is 23.8. The molecule has 0 atom stereocenters. The van der Waals surface area contributed by atoms with Gasteiger partial charge in [0, 0.05) is 26.2 Å². The molecule has 0 aliphatic carbocycles. The van der Waals surface area contributed by atoms with Crippen LogP contribution in [0.3, 0.4) is 0 Å². The molecule has 0 aromatic carbocycles. The molecule has 0 aromatic rings. The van der Waals surface area contributed by atoms with Crippen molar-refractivity contribution in [2.45, 2.75) is 150 Å². The van der Waals surface area contributed by atoms with E-state index in [0.29, 0.717) is 0 Å². The maximum atomic E-state index is 13.7. The minimum atomic E-state index is -0.480. The molecule has 0 aliphatic rings. The molecule has 0 unspecified atom stereocenters. The summed E-state index contributed by atoms with van der Waals surface area (Å²) in [7, 11) is 0. The zero-order valence-electron chi connectivity index (χ0n) is 23.8. The first kappa shape index (κ1) is 32.9. The van der Waals surface area contributed by atoms with Gasteiger partial charge in [-0.25, -0.2) is 0 Å². The molecule has 2 amide bonds. The molecular formula is C30H60N2O2. The summed E-state index contributed by atoms with van der Waals surface area (Å²) in [4.78, 5) is 31.4. The Bertz CT molecular complexity index is 432. The van der Waals surface area contributed by atoms with E-state index in [2.05, 4.69) is 34.6 Å². The first-order valence-electron chi connectivity index (χ1n) is 15.1. The Labute approximate surface area is 213 Å². The predicted octanol–water partition coefficient (Wildman–Crippen LogP) is 8.38. The molecule has 34 heavy (non-hydrogen) atoms. The minimum absolute atomic E-state index is 0.101. The van der Waals surface area contributed by atoms with E-state index in [9.17, 15) is 9.59 Å². The molecule has 0 fully saturated rings. The molecule has 0 bridgehead atoms. The number of carbonyl (C=O) groups excluding carboxylic acids is 2. The predicted molar refractivity (Wildman–Crippen MR) is 148 cm³/mol. The first-order chi connectivity index (χ1) is 16.6. The van der Waals surface area contributed by atoms with Gasteiger partial charge in [0.15, 0.2) is 0 Å². The third-order valence-electron chi connectivity index (χ3n) is 6.94. The average molecular weight is 481 g/mol. The fourth-order valence-corrected chi connectivity index (χ4v) is 4.51. The standard InChI is InChI=1S/C30H60N2O2/c1-6-11-16-17-18-19-20-21-22-23-28(29(33)31(24-12-7-2)25-13-8-3)30(34)32(26-14-9-4)27-15-10-5/h28H,6-27H2,1-5H3. The summed E-state index contributed by atoms with van der Waals surface area (Å²) in [5.74, 6) is -0.277. The first-order valence-corrected chi connectivity index (χ1v) is 15.1. The smallest absolute Gasteiger partial charge is 0.235 e. The molecule has 4 heteroatoms. The van der Waals surface area contributed by atoms with E-state index < -0.39 is 5.92 Å². The monoisotopic (exact) mass is 480 g/mol. The van der Waals surface area contributed by atoms with E-state index in [-0.39, 0.29) is 11.8 Å². The molecule has 0 spiro atoms. The van der Waals surface area contributed by atoms with Crippen molar-refractivity contribution in [3.8, 4) is 0 Å². The summed E-state index contributed by atoms with van der Waals surface area (Å²) in [6, 6.07) is 0. The molecule has 0 rings (SSSR count). The minimum Gasteiger partial charge on any atom is -0.342 e. The normalized spacial score (nSPS) is 11.2. The molecule has 0 aliphatic heterocycles. The van der Waals surface area contributed by atoms with Crippen LogP contribution in [0.1, 0.15) is 150 Å². The van der Waals surface area contributed by atoms with Crippen LogP contribution in [-0.4, -0.2) is 47.8 Å². The van der Waals surface area contributed by atoms with Crippen LogP contribution in [0.4, 0.5) is 0 Å². The maximum absolute atomic E-state index is 13.7. The largest absolute Gasteiger partial charge is 0.342 e. The van der Waals surface area contributed by atoms with E-state index in [1.54, 1.807) is 0 Å². The van der Waals surface area contributed by atoms with Crippen molar-refractivity contribution in [3.05, 3.63) is 0 Å². The molecular weight excluding hydrogens is 420 g/mol. The van der Waals surface area contributed by atoms with Gasteiger partial charge in [0.2, 0.25) is 11.8 Å². The number of carbonyl (C=O) groups is 2. The second-order valence-corrected chi connectivity index (χ2v) is 10.2. The summed E-state index contributed by atoms with van der Waals surface area (Å²) in [6.45, 7) is 14.1. The lowest BCUT2D eigenvalue weighted by atomic mass is 9.96. The van der Waals surface area contributed by atoms with Crippen LogP contribution in [0, 0.1) is 5.92 Å². The summed E-state index contributed by atoms with van der Waals surface area (Å²) in [6.07, 6.45) is 20.4. The SMILES string of the molecule is CCCCCCCCCCCC(C(=O)N(CCCC)CCCC)C(=O)N(CCCC)CCCC. The summed E-state index contributed by atoms with van der Waals surface area (Å²) < 4.78 is 0. The topological polar surface area (TPSA) is 40.6 Å². The molecule has 0 aromatic heterocycles. The molecule has 0 saturated heterocycles. The van der Waals surface area contributed by atoms with Gasteiger partial charge in [-0.05, 0) is 32.1 Å². The fraction of sp³-hybridized carbons (Fsp3) is 0.933. The van der Waals surface area contributed by atoms with Gasteiger partial charge in [0.1, 0.15) is 5.92 Å². The van der Waals surface area contributed by atoms with Crippen molar-refractivity contribution in [2.75, 3.05) is 26.2 Å². The van der Waals surface area contributed by atoms with Gasteiger partial charge in [-0.3, -0.25) is 9.59 Å². The second kappa shape index (κ2) is 23.7. The number of hydrogen-bond acceptors (Lipinski definition) is 2. The van der Waals surface area contributed by atoms with Crippen molar-refractivity contribution in [1.29, 1.82) is 0 Å². The van der Waals surface area contributed by atoms with Gasteiger partial charge >= 0.3 is 0 Å². The van der Waals surface area contributed by atoms with Crippen LogP contribution in [0.2, 0.25) is 0 Å². The molecule has 4 nitrogen and oxygen atoms in total. The third kappa shape index (κ3) is 15.8. The lowest BCUT2D eigenvalue weighted by Crippen LogP contribution is -2.46. The van der Waals surface area contributed by atoms with E-state index in [1.807, 2.05) is 9.80 Å². The second-order valence-electron chi connectivity index (χ2n) is 10.2. The summed E-state index contributed by atoms with van der Waals surface area (Å²) >= 11 is 0. The Kier molecular flexibility index (Phi) is 22.9. The van der Waals surface area contributed by atoms with Crippen molar-refractivity contribution in [3.63, 3.8) is 0 Å². The van der Waals surface area contributed by atoms with E-state index in [4.69, 9.17) is 0 Å². The van der Waals surface area contributed by atoms with Crippen LogP contribution < -0.4 is 0 Å². The van der Waals surface area contributed by atoms with E-state index in [0.717, 1.165) is 96.8 Å². The highest BCUT2D eigenvalue weighted by molar-refractivity contribution is 6.00. The van der Waals surface area contributed by atoms with Crippen molar-refractivity contribution in [2.24, 2.45) is 5.92 Å².